The Morgan fingerprint density at radius 1 is 1.13 bits per heavy atom. The summed E-state index contributed by atoms with van der Waals surface area (Å²) in [6, 6.07) is 10.8. The molecule has 7 nitrogen and oxygen atoms in total. The molecule has 0 unspecified atom stereocenters. The standard InChI is InChI=1S/C23H31N5O2/c1-17(2)27-12-9-20-19(16-27)22(23(30)26-13-10-21(29)24-11-15-26)25-28(20)14-8-18-6-4-3-5-7-18/h3-7,17H,8-16H2,1-2H3,(H,24,29). The summed E-state index contributed by atoms with van der Waals surface area (Å²) in [6.07, 6.45) is 2.14. The number of aromatic nitrogens is 2. The molecule has 0 atom stereocenters. The van der Waals surface area contributed by atoms with Crippen molar-refractivity contribution < 1.29 is 9.59 Å². The number of nitrogens with zero attached hydrogens (tertiary/aromatic N) is 4. The number of hydrogen-bond acceptors (Lipinski definition) is 4. The van der Waals surface area contributed by atoms with Crippen LogP contribution < -0.4 is 5.32 Å². The normalized spacial score (nSPS) is 17.6. The second kappa shape index (κ2) is 9.00. The molecular weight excluding hydrogens is 378 g/mol. The highest BCUT2D eigenvalue weighted by molar-refractivity contribution is 5.94. The maximum atomic E-state index is 13.4. The van der Waals surface area contributed by atoms with E-state index in [-0.39, 0.29) is 11.8 Å². The van der Waals surface area contributed by atoms with E-state index in [9.17, 15) is 9.59 Å². The van der Waals surface area contributed by atoms with Gasteiger partial charge in [0.2, 0.25) is 5.91 Å². The van der Waals surface area contributed by atoms with Gasteiger partial charge in [0.25, 0.3) is 5.91 Å². The quantitative estimate of drug-likeness (QED) is 0.818. The molecule has 2 amide bonds. The number of benzene rings is 1. The van der Waals surface area contributed by atoms with Crippen molar-refractivity contribution in [1.29, 1.82) is 0 Å². The van der Waals surface area contributed by atoms with E-state index >= 15 is 0 Å². The van der Waals surface area contributed by atoms with Crippen LogP contribution in [0.4, 0.5) is 0 Å². The molecule has 4 rings (SSSR count). The molecule has 0 bridgehead atoms. The predicted molar refractivity (Wildman–Crippen MR) is 115 cm³/mol. The molecule has 7 heteroatoms. The van der Waals surface area contributed by atoms with Gasteiger partial charge in [-0.2, -0.15) is 5.10 Å². The number of rotatable bonds is 5. The Balaban J connectivity index is 1.61. The van der Waals surface area contributed by atoms with Crippen LogP contribution in [0.15, 0.2) is 30.3 Å². The Morgan fingerprint density at radius 2 is 1.93 bits per heavy atom. The number of aryl methyl sites for hydroxylation is 2. The van der Waals surface area contributed by atoms with E-state index in [1.54, 1.807) is 4.90 Å². The molecule has 2 aliphatic rings. The second-order valence-electron chi connectivity index (χ2n) is 8.44. The first kappa shape index (κ1) is 20.6. The zero-order valence-electron chi connectivity index (χ0n) is 17.9. The Bertz CT molecular complexity index is 906. The lowest BCUT2D eigenvalue weighted by Gasteiger charge is -2.31. The molecule has 1 aromatic heterocycles. The third kappa shape index (κ3) is 4.41. The summed E-state index contributed by atoms with van der Waals surface area (Å²) in [5.74, 6) is -0.0430. The van der Waals surface area contributed by atoms with Crippen LogP contribution >= 0.6 is 0 Å². The summed E-state index contributed by atoms with van der Waals surface area (Å²) < 4.78 is 2.05. The summed E-state index contributed by atoms with van der Waals surface area (Å²) in [4.78, 5) is 29.2. The maximum absolute atomic E-state index is 13.4. The lowest BCUT2D eigenvalue weighted by Crippen LogP contribution is -2.38. The summed E-state index contributed by atoms with van der Waals surface area (Å²) in [7, 11) is 0. The van der Waals surface area contributed by atoms with Gasteiger partial charge in [-0.3, -0.25) is 19.2 Å². The van der Waals surface area contributed by atoms with Crippen molar-refractivity contribution in [3.63, 3.8) is 0 Å². The monoisotopic (exact) mass is 409 g/mol. The molecule has 0 spiro atoms. The van der Waals surface area contributed by atoms with Crippen LogP contribution in [0.1, 0.15) is 47.6 Å². The van der Waals surface area contributed by atoms with Crippen molar-refractivity contribution in [1.82, 2.24) is 24.9 Å². The van der Waals surface area contributed by atoms with E-state index in [4.69, 9.17) is 5.10 Å². The third-order valence-electron chi connectivity index (χ3n) is 6.15. The molecule has 0 aliphatic carbocycles. The van der Waals surface area contributed by atoms with Gasteiger partial charge in [-0.05, 0) is 25.8 Å². The van der Waals surface area contributed by atoms with E-state index in [1.165, 1.54) is 11.3 Å². The van der Waals surface area contributed by atoms with Crippen molar-refractivity contribution in [3.8, 4) is 0 Å². The van der Waals surface area contributed by atoms with E-state index < -0.39 is 0 Å². The van der Waals surface area contributed by atoms with Crippen LogP contribution in [0, 0.1) is 0 Å². The average Bonchev–Trinajstić information content (AvgIpc) is 2.98. The first-order chi connectivity index (χ1) is 14.5. The highest BCUT2D eigenvalue weighted by Gasteiger charge is 2.31. The number of carbonyl (C=O) groups excluding carboxylic acids is 2. The fraction of sp³-hybridized carbons (Fsp3) is 0.522. The Labute approximate surface area is 178 Å². The maximum Gasteiger partial charge on any atom is 0.274 e. The van der Waals surface area contributed by atoms with Crippen LogP contribution in [0.5, 0.6) is 0 Å². The minimum Gasteiger partial charge on any atom is -0.354 e. The highest BCUT2D eigenvalue weighted by Crippen LogP contribution is 2.25. The molecule has 160 valence electrons. The summed E-state index contributed by atoms with van der Waals surface area (Å²) >= 11 is 0. The second-order valence-corrected chi connectivity index (χ2v) is 8.44. The van der Waals surface area contributed by atoms with Crippen molar-refractivity contribution in [2.45, 2.75) is 52.2 Å². The van der Waals surface area contributed by atoms with Gasteiger partial charge in [0.1, 0.15) is 0 Å². The van der Waals surface area contributed by atoms with Crippen LogP contribution in [-0.4, -0.2) is 63.6 Å². The Morgan fingerprint density at radius 3 is 2.70 bits per heavy atom. The number of fused-ring (bicyclic) bond motifs is 1. The largest absolute Gasteiger partial charge is 0.354 e. The van der Waals surface area contributed by atoms with Crippen molar-refractivity contribution >= 4 is 11.8 Å². The minimum atomic E-state index is -0.0492. The smallest absolute Gasteiger partial charge is 0.274 e. The third-order valence-corrected chi connectivity index (χ3v) is 6.15. The van der Waals surface area contributed by atoms with Gasteiger partial charge in [0, 0.05) is 69.4 Å². The molecule has 1 fully saturated rings. The van der Waals surface area contributed by atoms with Gasteiger partial charge in [0.15, 0.2) is 5.69 Å². The molecular formula is C23H31N5O2. The molecule has 1 aromatic carbocycles. The van der Waals surface area contributed by atoms with E-state index in [0.717, 1.165) is 38.0 Å². The molecule has 0 radical (unpaired) electrons. The van der Waals surface area contributed by atoms with E-state index in [2.05, 4.69) is 53.0 Å². The fourth-order valence-corrected chi connectivity index (χ4v) is 4.31. The average molecular weight is 410 g/mol. The van der Waals surface area contributed by atoms with Gasteiger partial charge >= 0.3 is 0 Å². The Hall–Kier alpha value is -2.67. The van der Waals surface area contributed by atoms with Crippen molar-refractivity contribution in [3.05, 3.63) is 52.8 Å². The van der Waals surface area contributed by atoms with Gasteiger partial charge < -0.3 is 10.2 Å². The molecule has 2 aromatic rings. The number of nitrogens with one attached hydrogen (secondary N) is 1. The van der Waals surface area contributed by atoms with Crippen molar-refractivity contribution in [2.75, 3.05) is 26.2 Å². The Kier molecular flexibility index (Phi) is 6.18. The highest BCUT2D eigenvalue weighted by atomic mass is 16.2. The molecule has 0 saturated carbocycles. The van der Waals surface area contributed by atoms with Crippen LogP contribution in [0.2, 0.25) is 0 Å². The predicted octanol–water partition coefficient (Wildman–Crippen LogP) is 1.85. The first-order valence-electron chi connectivity index (χ1n) is 11.0. The van der Waals surface area contributed by atoms with Crippen LogP contribution in [0.3, 0.4) is 0 Å². The van der Waals surface area contributed by atoms with E-state index in [1.807, 2.05) is 6.07 Å². The molecule has 1 saturated heterocycles. The number of carbonyl (C=O) groups is 2. The first-order valence-corrected chi connectivity index (χ1v) is 11.0. The SMILES string of the molecule is CC(C)N1CCc2c(c(C(=O)N3CCNC(=O)CC3)nn2CCc2ccccc2)C1. The van der Waals surface area contributed by atoms with Crippen molar-refractivity contribution in [2.24, 2.45) is 0 Å². The van der Waals surface area contributed by atoms with E-state index in [0.29, 0.717) is 37.8 Å². The zero-order valence-corrected chi connectivity index (χ0v) is 17.9. The van der Waals surface area contributed by atoms with Crippen LogP contribution in [-0.2, 0) is 30.7 Å². The lowest BCUT2D eigenvalue weighted by atomic mass is 10.0. The van der Waals surface area contributed by atoms with Gasteiger partial charge in [0.05, 0.1) is 0 Å². The van der Waals surface area contributed by atoms with Gasteiger partial charge in [-0.25, -0.2) is 0 Å². The minimum absolute atomic E-state index is 0.00621. The summed E-state index contributed by atoms with van der Waals surface area (Å²) in [5.41, 5.74) is 4.09. The van der Waals surface area contributed by atoms with Gasteiger partial charge in [-0.1, -0.05) is 30.3 Å². The van der Waals surface area contributed by atoms with Crippen LogP contribution in [0.25, 0.3) is 0 Å². The number of hydrogen-bond donors (Lipinski definition) is 1. The lowest BCUT2D eigenvalue weighted by molar-refractivity contribution is -0.120. The molecule has 2 aliphatic heterocycles. The molecule has 30 heavy (non-hydrogen) atoms. The zero-order chi connectivity index (χ0) is 21.1. The fourth-order valence-electron chi connectivity index (χ4n) is 4.31. The topological polar surface area (TPSA) is 70.5 Å². The van der Waals surface area contributed by atoms with Gasteiger partial charge in [-0.15, -0.1) is 0 Å². The summed E-state index contributed by atoms with van der Waals surface area (Å²) in [6.45, 7) is 8.37. The molecule has 3 heterocycles. The number of amides is 2. The molecule has 1 N–H and O–H groups in total. The summed E-state index contributed by atoms with van der Waals surface area (Å²) in [5, 5.41) is 7.66.